The third-order valence-electron chi connectivity index (χ3n) is 3.88. The van der Waals surface area contributed by atoms with Crippen LogP contribution in [0.4, 0.5) is 0 Å². The van der Waals surface area contributed by atoms with Gasteiger partial charge in [-0.2, -0.15) is 5.10 Å². The van der Waals surface area contributed by atoms with Gasteiger partial charge in [-0.25, -0.2) is 0 Å². The first-order valence-corrected chi connectivity index (χ1v) is 7.27. The van der Waals surface area contributed by atoms with Crippen molar-refractivity contribution in [1.82, 2.24) is 20.0 Å². The molecule has 0 saturated carbocycles. The van der Waals surface area contributed by atoms with Gasteiger partial charge in [0.05, 0.1) is 5.69 Å². The van der Waals surface area contributed by atoms with Crippen molar-refractivity contribution in [3.05, 3.63) is 18.0 Å². The van der Waals surface area contributed by atoms with Gasteiger partial charge in [0.1, 0.15) is 0 Å². The van der Waals surface area contributed by atoms with E-state index in [4.69, 9.17) is 0 Å². The van der Waals surface area contributed by atoms with Crippen molar-refractivity contribution in [3.63, 3.8) is 0 Å². The highest BCUT2D eigenvalue weighted by Gasteiger charge is 2.19. The van der Waals surface area contributed by atoms with E-state index >= 15 is 0 Å². The molecule has 1 aromatic rings. The average Bonchev–Trinajstić information content (AvgIpc) is 2.85. The molecule has 0 aromatic carbocycles. The highest BCUT2D eigenvalue weighted by Crippen LogP contribution is 2.18. The number of aryl methyl sites for hydroxylation is 1. The number of hydrogen-bond donors (Lipinski definition) is 1. The second kappa shape index (κ2) is 6.90. The molecule has 2 rings (SSSR count). The van der Waals surface area contributed by atoms with E-state index in [-0.39, 0.29) is 0 Å². The van der Waals surface area contributed by atoms with Gasteiger partial charge in [-0.1, -0.05) is 6.92 Å². The summed E-state index contributed by atoms with van der Waals surface area (Å²) in [6.45, 7) is 11.1. The van der Waals surface area contributed by atoms with Gasteiger partial charge in [0.2, 0.25) is 0 Å². The molecular weight excluding hydrogens is 224 g/mol. The molecule has 4 heteroatoms. The van der Waals surface area contributed by atoms with E-state index in [0.717, 1.165) is 25.6 Å². The van der Waals surface area contributed by atoms with Crippen molar-refractivity contribution >= 4 is 0 Å². The van der Waals surface area contributed by atoms with Crippen LogP contribution in [0, 0.1) is 5.92 Å². The summed E-state index contributed by atoms with van der Waals surface area (Å²) in [7, 11) is 0. The first-order chi connectivity index (χ1) is 8.83. The number of nitrogens with one attached hydrogen (secondary N) is 1. The Bertz CT molecular complexity index is 339. The molecule has 0 unspecified atom stereocenters. The van der Waals surface area contributed by atoms with Crippen LogP contribution in [-0.4, -0.2) is 40.9 Å². The van der Waals surface area contributed by atoms with E-state index in [2.05, 4.69) is 39.9 Å². The zero-order valence-electron chi connectivity index (χ0n) is 11.7. The fourth-order valence-corrected chi connectivity index (χ4v) is 2.71. The molecule has 1 N–H and O–H groups in total. The highest BCUT2D eigenvalue weighted by atomic mass is 15.3. The summed E-state index contributed by atoms with van der Waals surface area (Å²) in [6, 6.07) is 2.15. The van der Waals surface area contributed by atoms with Crippen molar-refractivity contribution in [1.29, 1.82) is 0 Å². The van der Waals surface area contributed by atoms with Crippen LogP contribution in [0.2, 0.25) is 0 Å². The van der Waals surface area contributed by atoms with Crippen LogP contribution in [0.3, 0.4) is 0 Å². The van der Waals surface area contributed by atoms with Crippen molar-refractivity contribution in [2.24, 2.45) is 5.92 Å². The topological polar surface area (TPSA) is 33.1 Å². The lowest BCUT2D eigenvalue weighted by Crippen LogP contribution is -2.37. The lowest BCUT2D eigenvalue weighted by atomic mass is 9.96. The Morgan fingerprint density at radius 1 is 1.33 bits per heavy atom. The lowest BCUT2D eigenvalue weighted by Gasteiger charge is -2.32. The molecule has 1 aliphatic heterocycles. The van der Waals surface area contributed by atoms with E-state index in [0.29, 0.717) is 0 Å². The molecule has 2 heterocycles. The van der Waals surface area contributed by atoms with Crippen LogP contribution in [0.15, 0.2) is 12.3 Å². The Balaban J connectivity index is 1.76. The van der Waals surface area contributed by atoms with Gasteiger partial charge in [0, 0.05) is 19.3 Å². The minimum absolute atomic E-state index is 0.872. The molecule has 0 bridgehead atoms. The van der Waals surface area contributed by atoms with Crippen LogP contribution in [-0.2, 0) is 13.1 Å². The third-order valence-corrected chi connectivity index (χ3v) is 3.88. The fraction of sp³-hybridized carbons (Fsp3) is 0.786. The molecule has 0 spiro atoms. The SMILES string of the molecule is CCNCC1CCN(Cc2ccnn2CC)CC1. The minimum Gasteiger partial charge on any atom is -0.317 e. The smallest absolute Gasteiger partial charge is 0.0524 e. The van der Waals surface area contributed by atoms with Gasteiger partial charge in [-0.15, -0.1) is 0 Å². The Hall–Kier alpha value is -0.870. The molecule has 1 aromatic heterocycles. The molecule has 1 saturated heterocycles. The number of hydrogen-bond acceptors (Lipinski definition) is 3. The molecule has 0 atom stereocenters. The Kier molecular flexibility index (Phi) is 5.20. The molecule has 1 fully saturated rings. The number of piperidine rings is 1. The first-order valence-electron chi connectivity index (χ1n) is 7.27. The number of nitrogens with zero attached hydrogens (tertiary/aromatic N) is 3. The second-order valence-corrected chi connectivity index (χ2v) is 5.17. The average molecular weight is 250 g/mol. The zero-order valence-corrected chi connectivity index (χ0v) is 11.7. The maximum absolute atomic E-state index is 4.34. The minimum atomic E-state index is 0.872. The second-order valence-electron chi connectivity index (χ2n) is 5.17. The van der Waals surface area contributed by atoms with Crippen molar-refractivity contribution in [3.8, 4) is 0 Å². The van der Waals surface area contributed by atoms with Gasteiger partial charge in [-0.05, 0) is 57.9 Å². The summed E-state index contributed by atoms with van der Waals surface area (Å²) >= 11 is 0. The molecular formula is C14H26N4. The molecule has 1 aliphatic rings. The quantitative estimate of drug-likeness (QED) is 0.834. The van der Waals surface area contributed by atoms with Gasteiger partial charge in [0.25, 0.3) is 0 Å². The van der Waals surface area contributed by atoms with E-state index in [9.17, 15) is 0 Å². The predicted octanol–water partition coefficient (Wildman–Crippen LogP) is 1.72. The Morgan fingerprint density at radius 2 is 2.11 bits per heavy atom. The zero-order chi connectivity index (χ0) is 12.8. The summed E-state index contributed by atoms with van der Waals surface area (Å²) in [5.41, 5.74) is 1.35. The van der Waals surface area contributed by atoms with Crippen molar-refractivity contribution in [2.75, 3.05) is 26.2 Å². The first kappa shape index (κ1) is 13.6. The van der Waals surface area contributed by atoms with Gasteiger partial charge < -0.3 is 5.32 Å². The summed E-state index contributed by atoms with van der Waals surface area (Å²) < 4.78 is 2.10. The van der Waals surface area contributed by atoms with Crippen molar-refractivity contribution < 1.29 is 0 Å². The van der Waals surface area contributed by atoms with Crippen molar-refractivity contribution in [2.45, 2.75) is 39.8 Å². The Labute approximate surface area is 110 Å². The summed E-state index contributed by atoms with van der Waals surface area (Å²) in [6.07, 6.45) is 4.57. The largest absolute Gasteiger partial charge is 0.317 e. The third kappa shape index (κ3) is 3.56. The van der Waals surface area contributed by atoms with E-state index in [1.807, 2.05) is 6.20 Å². The molecule has 0 radical (unpaired) electrons. The maximum Gasteiger partial charge on any atom is 0.0524 e. The lowest BCUT2D eigenvalue weighted by molar-refractivity contribution is 0.172. The fourth-order valence-electron chi connectivity index (χ4n) is 2.71. The normalized spacial score (nSPS) is 18.3. The van der Waals surface area contributed by atoms with E-state index in [1.165, 1.54) is 38.2 Å². The van der Waals surface area contributed by atoms with Crippen LogP contribution >= 0.6 is 0 Å². The molecule has 0 amide bonds. The van der Waals surface area contributed by atoms with Gasteiger partial charge >= 0.3 is 0 Å². The van der Waals surface area contributed by atoms with E-state index in [1.54, 1.807) is 0 Å². The van der Waals surface area contributed by atoms with Crippen LogP contribution in [0.25, 0.3) is 0 Å². The number of rotatable bonds is 6. The number of aromatic nitrogens is 2. The standard InChI is InChI=1S/C14H26N4/c1-3-15-11-13-6-9-17(10-7-13)12-14-5-8-16-18(14)4-2/h5,8,13,15H,3-4,6-7,9-12H2,1-2H3. The summed E-state index contributed by atoms with van der Waals surface area (Å²) in [5, 5.41) is 7.80. The van der Waals surface area contributed by atoms with E-state index < -0.39 is 0 Å². The van der Waals surface area contributed by atoms with Crippen LogP contribution in [0.1, 0.15) is 32.4 Å². The Morgan fingerprint density at radius 3 is 2.78 bits per heavy atom. The molecule has 102 valence electrons. The summed E-state index contributed by atoms with van der Waals surface area (Å²) in [4.78, 5) is 2.56. The van der Waals surface area contributed by atoms with Gasteiger partial charge in [0.15, 0.2) is 0 Å². The molecule has 4 nitrogen and oxygen atoms in total. The summed E-state index contributed by atoms with van der Waals surface area (Å²) in [5.74, 6) is 0.872. The molecule has 18 heavy (non-hydrogen) atoms. The number of likely N-dealkylation sites (tertiary alicyclic amines) is 1. The van der Waals surface area contributed by atoms with Gasteiger partial charge in [-0.3, -0.25) is 9.58 Å². The highest BCUT2D eigenvalue weighted by molar-refractivity contribution is 5.00. The maximum atomic E-state index is 4.34. The van der Waals surface area contributed by atoms with Crippen LogP contribution < -0.4 is 5.32 Å². The van der Waals surface area contributed by atoms with Crippen LogP contribution in [0.5, 0.6) is 0 Å². The molecule has 0 aliphatic carbocycles. The monoisotopic (exact) mass is 250 g/mol. The predicted molar refractivity (Wildman–Crippen MR) is 74.4 cm³/mol.